The number of hydrogen-bond acceptors (Lipinski definition) is 5. The number of hydrogen-bond donors (Lipinski definition) is 1. The third kappa shape index (κ3) is 4.63. The zero-order valence-corrected chi connectivity index (χ0v) is 18.8. The van der Waals surface area contributed by atoms with Gasteiger partial charge in [0.2, 0.25) is 0 Å². The predicted octanol–water partition coefficient (Wildman–Crippen LogP) is 5.56. The Morgan fingerprint density at radius 2 is 1.97 bits per heavy atom. The number of esters is 1. The Kier molecular flexibility index (Phi) is 6.62. The molecule has 152 valence electrons. The van der Waals surface area contributed by atoms with Crippen molar-refractivity contribution in [2.24, 2.45) is 0 Å². The Morgan fingerprint density at radius 3 is 2.66 bits per heavy atom. The number of fused-ring (bicyclic) bond motifs is 1. The van der Waals surface area contributed by atoms with E-state index in [2.05, 4.69) is 0 Å². The third-order valence-corrected chi connectivity index (χ3v) is 5.70. The average Bonchev–Trinajstić information content (AvgIpc) is 3.07. The number of carbonyl (C=O) groups is 2. The van der Waals surface area contributed by atoms with Crippen molar-refractivity contribution in [3.8, 4) is 5.75 Å². The molecule has 0 aliphatic carbocycles. The molecular weight excluding hydrogens is 483 g/mol. The molecule has 0 saturated carbocycles. The van der Waals surface area contributed by atoms with Gasteiger partial charge in [0.1, 0.15) is 17.1 Å². The topological polar surface area (TPSA) is 76.7 Å². The molecule has 1 heterocycles. The summed E-state index contributed by atoms with van der Waals surface area (Å²) in [4.78, 5) is 25.5. The first-order valence-corrected chi connectivity index (χ1v) is 10.6. The van der Waals surface area contributed by atoms with Crippen LogP contribution in [-0.2, 0) is 16.0 Å². The minimum atomic E-state index is -0.312. The van der Waals surface area contributed by atoms with Gasteiger partial charge < -0.3 is 14.3 Å². The number of para-hydroxylation sites is 1. The maximum absolute atomic E-state index is 13.4. The molecule has 0 bridgehead atoms. The predicted molar refractivity (Wildman–Crippen MR) is 119 cm³/mol. The maximum atomic E-state index is 13.4. The highest BCUT2D eigenvalue weighted by atomic mass is 127. The zero-order valence-electron chi connectivity index (χ0n) is 16.6. The molecule has 1 N–H and O–H groups in total. The number of halogens is 1. The normalized spacial score (nSPS) is 12.1. The Morgan fingerprint density at radius 1 is 1.24 bits per heavy atom. The van der Waals surface area contributed by atoms with Gasteiger partial charge >= 0.3 is 5.97 Å². The van der Waals surface area contributed by atoms with Gasteiger partial charge in [0.15, 0.2) is 5.78 Å². The van der Waals surface area contributed by atoms with Crippen LogP contribution < -0.4 is 0 Å². The largest absolute Gasteiger partial charge is 0.507 e. The summed E-state index contributed by atoms with van der Waals surface area (Å²) in [7, 11) is 0. The van der Waals surface area contributed by atoms with Gasteiger partial charge in [-0.1, -0.05) is 25.1 Å². The molecule has 1 atom stereocenters. The molecular formula is C23H23IO5. The Bertz CT molecular complexity index is 1040. The quantitative estimate of drug-likeness (QED) is 0.258. The second kappa shape index (κ2) is 8.98. The number of carbonyl (C=O) groups excluding carboxylic acids is 2. The van der Waals surface area contributed by atoms with Crippen molar-refractivity contribution in [1.29, 1.82) is 0 Å². The number of benzene rings is 2. The summed E-state index contributed by atoms with van der Waals surface area (Å²) in [6, 6.07) is 10.7. The SMILES string of the molecule is CCC(C)OC(=O)CCc1oc2ccccc2c1C(=O)c1cc(C)c(O)c(I)c1. The number of ketones is 1. The van der Waals surface area contributed by atoms with Gasteiger partial charge in [-0.3, -0.25) is 9.59 Å². The first kappa shape index (κ1) is 21.4. The van der Waals surface area contributed by atoms with Gasteiger partial charge in [-0.25, -0.2) is 0 Å². The van der Waals surface area contributed by atoms with Gasteiger partial charge in [0.25, 0.3) is 0 Å². The summed E-state index contributed by atoms with van der Waals surface area (Å²) in [6.45, 7) is 5.56. The number of rotatable bonds is 7. The number of phenols is 1. The van der Waals surface area contributed by atoms with Crippen molar-refractivity contribution in [3.05, 3.63) is 62.4 Å². The fourth-order valence-corrected chi connectivity index (χ4v) is 3.88. The fraction of sp³-hybridized carbons (Fsp3) is 0.304. The average molecular weight is 506 g/mol. The van der Waals surface area contributed by atoms with E-state index in [0.29, 0.717) is 37.0 Å². The van der Waals surface area contributed by atoms with Crippen LogP contribution in [0.15, 0.2) is 40.8 Å². The lowest BCUT2D eigenvalue weighted by molar-refractivity contribution is -0.148. The first-order valence-electron chi connectivity index (χ1n) is 9.55. The van der Waals surface area contributed by atoms with E-state index in [1.54, 1.807) is 25.1 Å². The summed E-state index contributed by atoms with van der Waals surface area (Å²) in [6.07, 6.45) is 1.02. The van der Waals surface area contributed by atoms with E-state index in [1.807, 2.05) is 54.6 Å². The second-order valence-electron chi connectivity index (χ2n) is 7.06. The lowest BCUT2D eigenvalue weighted by Crippen LogP contribution is -2.14. The molecule has 3 rings (SSSR count). The summed E-state index contributed by atoms with van der Waals surface area (Å²) >= 11 is 2.01. The van der Waals surface area contributed by atoms with E-state index >= 15 is 0 Å². The number of aryl methyl sites for hydroxylation is 2. The van der Waals surface area contributed by atoms with E-state index < -0.39 is 0 Å². The molecule has 2 aromatic carbocycles. The highest BCUT2D eigenvalue weighted by Crippen LogP contribution is 2.32. The summed E-state index contributed by atoms with van der Waals surface area (Å²) in [5, 5.41) is 10.7. The van der Waals surface area contributed by atoms with Crippen molar-refractivity contribution in [2.45, 2.75) is 46.1 Å². The van der Waals surface area contributed by atoms with Crippen LogP contribution in [0.5, 0.6) is 5.75 Å². The van der Waals surface area contributed by atoms with Gasteiger partial charge in [-0.15, -0.1) is 0 Å². The minimum Gasteiger partial charge on any atom is -0.507 e. The standard InChI is InChI=1S/C23H23IO5/c1-4-14(3)28-20(25)10-9-19-21(16-7-5-6-8-18(16)29-19)23(27)15-11-13(2)22(26)17(24)12-15/h5-8,11-12,14,26H,4,9-10H2,1-3H3. The molecule has 0 aliphatic rings. The van der Waals surface area contributed by atoms with E-state index in [-0.39, 0.29) is 36.4 Å². The van der Waals surface area contributed by atoms with E-state index in [0.717, 1.165) is 6.42 Å². The third-order valence-electron chi connectivity index (χ3n) is 4.88. The highest BCUT2D eigenvalue weighted by Gasteiger charge is 2.24. The smallest absolute Gasteiger partial charge is 0.306 e. The molecule has 0 spiro atoms. The van der Waals surface area contributed by atoms with E-state index in [9.17, 15) is 14.7 Å². The first-order chi connectivity index (χ1) is 13.8. The van der Waals surface area contributed by atoms with Crippen molar-refractivity contribution >= 4 is 45.3 Å². The van der Waals surface area contributed by atoms with Crippen LogP contribution in [0.3, 0.4) is 0 Å². The molecule has 5 nitrogen and oxygen atoms in total. The molecule has 0 fully saturated rings. The van der Waals surface area contributed by atoms with Crippen LogP contribution in [0.25, 0.3) is 11.0 Å². The van der Waals surface area contributed by atoms with Gasteiger partial charge in [0, 0.05) is 17.4 Å². The van der Waals surface area contributed by atoms with Crippen LogP contribution in [0.4, 0.5) is 0 Å². The molecule has 0 amide bonds. The van der Waals surface area contributed by atoms with Gasteiger partial charge in [-0.2, -0.15) is 0 Å². The van der Waals surface area contributed by atoms with E-state index in [1.165, 1.54) is 0 Å². The Labute approximate surface area is 183 Å². The molecule has 6 heteroatoms. The van der Waals surface area contributed by atoms with Crippen molar-refractivity contribution in [1.82, 2.24) is 0 Å². The highest BCUT2D eigenvalue weighted by molar-refractivity contribution is 14.1. The number of furan rings is 1. The van der Waals surface area contributed by atoms with Crippen LogP contribution >= 0.6 is 22.6 Å². The Hall–Kier alpha value is -2.35. The van der Waals surface area contributed by atoms with Gasteiger partial charge in [-0.05, 0) is 66.6 Å². The number of aromatic hydroxyl groups is 1. The van der Waals surface area contributed by atoms with Crippen LogP contribution in [-0.4, -0.2) is 23.0 Å². The molecule has 1 aromatic heterocycles. The van der Waals surface area contributed by atoms with E-state index in [4.69, 9.17) is 9.15 Å². The molecule has 0 saturated heterocycles. The number of ether oxygens (including phenoxy) is 1. The van der Waals surface area contributed by atoms with Crippen LogP contribution in [0.1, 0.15) is 53.9 Å². The summed E-state index contributed by atoms with van der Waals surface area (Å²) in [5.41, 5.74) is 2.16. The molecule has 1 unspecified atom stereocenters. The van der Waals surface area contributed by atoms with Crippen LogP contribution in [0, 0.1) is 10.5 Å². The maximum Gasteiger partial charge on any atom is 0.306 e. The van der Waals surface area contributed by atoms with Gasteiger partial charge in [0.05, 0.1) is 21.7 Å². The Balaban J connectivity index is 1.97. The molecule has 0 aliphatic heterocycles. The van der Waals surface area contributed by atoms with Crippen molar-refractivity contribution in [2.75, 3.05) is 0 Å². The van der Waals surface area contributed by atoms with Crippen molar-refractivity contribution < 1.29 is 23.8 Å². The monoisotopic (exact) mass is 506 g/mol. The summed E-state index contributed by atoms with van der Waals surface area (Å²) in [5.74, 6) is 0.139. The fourth-order valence-electron chi connectivity index (χ4n) is 3.12. The lowest BCUT2D eigenvalue weighted by atomic mass is 9.97. The molecule has 3 aromatic rings. The summed E-state index contributed by atoms with van der Waals surface area (Å²) < 4.78 is 11.9. The molecule has 0 radical (unpaired) electrons. The molecule has 29 heavy (non-hydrogen) atoms. The van der Waals surface area contributed by atoms with Crippen molar-refractivity contribution in [3.63, 3.8) is 0 Å². The van der Waals surface area contributed by atoms with Crippen LogP contribution in [0.2, 0.25) is 0 Å². The zero-order chi connectivity index (χ0) is 21.1. The minimum absolute atomic E-state index is 0.135. The second-order valence-corrected chi connectivity index (χ2v) is 8.22. The number of phenolic OH excluding ortho intramolecular Hbond substituents is 1. The lowest BCUT2D eigenvalue weighted by Gasteiger charge is -2.10.